The molecule has 0 atom stereocenters. The van der Waals surface area contributed by atoms with Crippen LogP contribution in [0.5, 0.6) is 11.5 Å². The molecule has 0 aliphatic carbocycles. The molecule has 0 fully saturated rings. The second kappa shape index (κ2) is 6.53. The number of aromatic nitrogens is 1. The Labute approximate surface area is 116 Å². The molecule has 0 unspecified atom stereocenters. The van der Waals surface area contributed by atoms with Gasteiger partial charge in [-0.3, -0.25) is 5.32 Å². The third-order valence-corrected chi connectivity index (χ3v) is 2.55. The number of urea groups is 1. The molecule has 0 radical (unpaired) electrons. The van der Waals surface area contributed by atoms with Gasteiger partial charge in [0.15, 0.2) is 0 Å². The van der Waals surface area contributed by atoms with E-state index in [0.29, 0.717) is 23.7 Å². The van der Waals surface area contributed by atoms with Crippen molar-refractivity contribution in [3.63, 3.8) is 0 Å². The fourth-order valence-electron chi connectivity index (χ4n) is 1.63. The van der Waals surface area contributed by atoms with Crippen molar-refractivity contribution < 1.29 is 14.6 Å². The Hall–Kier alpha value is -2.60. The summed E-state index contributed by atoms with van der Waals surface area (Å²) < 4.78 is 5.60. The van der Waals surface area contributed by atoms with E-state index in [1.165, 1.54) is 6.20 Å². The lowest BCUT2D eigenvalue weighted by Gasteiger charge is -2.07. The molecule has 0 saturated carbocycles. The van der Waals surface area contributed by atoms with Crippen molar-refractivity contribution in [3.8, 4) is 11.5 Å². The monoisotopic (exact) mass is 273 g/mol. The fraction of sp³-hybridized carbons (Fsp3) is 0.143. The Bertz CT molecular complexity index is 567. The van der Waals surface area contributed by atoms with Crippen LogP contribution < -0.4 is 15.8 Å². The molecule has 2 aromatic rings. The van der Waals surface area contributed by atoms with Gasteiger partial charge in [-0.15, -0.1) is 0 Å². The number of pyridine rings is 1. The zero-order valence-electron chi connectivity index (χ0n) is 10.7. The molecule has 0 aliphatic heterocycles. The molecule has 1 aromatic carbocycles. The number of nitrogens with two attached hydrogens (primary N) is 1. The van der Waals surface area contributed by atoms with E-state index >= 15 is 0 Å². The lowest BCUT2D eigenvalue weighted by Crippen LogP contribution is -2.19. The van der Waals surface area contributed by atoms with Gasteiger partial charge in [-0.05, 0) is 36.2 Å². The van der Waals surface area contributed by atoms with Crippen molar-refractivity contribution in [2.45, 2.75) is 6.42 Å². The lowest BCUT2D eigenvalue weighted by atomic mass is 10.1. The number of aliphatic hydroxyl groups excluding tert-OH is 1. The Morgan fingerprint density at radius 3 is 2.45 bits per heavy atom. The number of ether oxygens (including phenoxy) is 1. The van der Waals surface area contributed by atoms with Gasteiger partial charge in [0.25, 0.3) is 0 Å². The van der Waals surface area contributed by atoms with Gasteiger partial charge in [0.05, 0.1) is 6.20 Å². The van der Waals surface area contributed by atoms with Crippen molar-refractivity contribution in [2.75, 3.05) is 11.9 Å². The van der Waals surface area contributed by atoms with Crippen LogP contribution in [-0.4, -0.2) is 22.7 Å². The number of amides is 2. The van der Waals surface area contributed by atoms with Crippen LogP contribution in [0.25, 0.3) is 0 Å². The number of anilines is 1. The van der Waals surface area contributed by atoms with Gasteiger partial charge in [0.1, 0.15) is 17.3 Å². The van der Waals surface area contributed by atoms with E-state index in [1.54, 1.807) is 12.1 Å². The van der Waals surface area contributed by atoms with Crippen molar-refractivity contribution in [1.82, 2.24) is 4.98 Å². The number of carbonyl (C=O) groups is 1. The number of carbonyl (C=O) groups excluding carboxylic acids is 1. The molecule has 0 spiro atoms. The topological polar surface area (TPSA) is 97.5 Å². The number of benzene rings is 1. The molecule has 2 rings (SSSR count). The maximum Gasteiger partial charge on any atom is 0.317 e. The van der Waals surface area contributed by atoms with Crippen LogP contribution in [0.3, 0.4) is 0 Å². The molecule has 1 heterocycles. The van der Waals surface area contributed by atoms with Crippen molar-refractivity contribution in [2.24, 2.45) is 5.73 Å². The smallest absolute Gasteiger partial charge is 0.317 e. The van der Waals surface area contributed by atoms with Crippen LogP contribution in [0.1, 0.15) is 5.56 Å². The zero-order chi connectivity index (χ0) is 14.4. The van der Waals surface area contributed by atoms with E-state index in [-0.39, 0.29) is 6.61 Å². The highest BCUT2D eigenvalue weighted by Crippen LogP contribution is 2.21. The second-order valence-electron chi connectivity index (χ2n) is 4.09. The average Bonchev–Trinajstić information content (AvgIpc) is 2.43. The van der Waals surface area contributed by atoms with Gasteiger partial charge >= 0.3 is 6.03 Å². The van der Waals surface area contributed by atoms with E-state index in [4.69, 9.17) is 15.6 Å². The Morgan fingerprint density at radius 2 is 1.90 bits per heavy atom. The summed E-state index contributed by atoms with van der Waals surface area (Å²) in [6.45, 7) is 0.123. The predicted molar refractivity (Wildman–Crippen MR) is 74.7 cm³/mol. The predicted octanol–water partition coefficient (Wildman–Crippen LogP) is 1.90. The average molecular weight is 273 g/mol. The molecule has 2 amide bonds. The SMILES string of the molecule is NC(=O)Nc1ccc(Oc2ccc(CCO)cc2)cn1. The van der Waals surface area contributed by atoms with Gasteiger partial charge in [0, 0.05) is 6.61 Å². The lowest BCUT2D eigenvalue weighted by molar-refractivity contribution is 0.259. The van der Waals surface area contributed by atoms with E-state index in [9.17, 15) is 4.79 Å². The summed E-state index contributed by atoms with van der Waals surface area (Å²) in [6.07, 6.45) is 2.11. The summed E-state index contributed by atoms with van der Waals surface area (Å²) in [6, 6.07) is 10.0. The zero-order valence-corrected chi connectivity index (χ0v) is 10.7. The molecule has 6 heteroatoms. The van der Waals surface area contributed by atoms with E-state index in [2.05, 4.69) is 10.3 Å². The second-order valence-corrected chi connectivity index (χ2v) is 4.09. The first-order valence-corrected chi connectivity index (χ1v) is 6.07. The van der Waals surface area contributed by atoms with Crippen LogP contribution in [-0.2, 0) is 6.42 Å². The fourth-order valence-corrected chi connectivity index (χ4v) is 1.63. The highest BCUT2D eigenvalue weighted by Gasteiger charge is 2.01. The quantitative estimate of drug-likeness (QED) is 0.775. The Balaban J connectivity index is 2.00. The summed E-state index contributed by atoms with van der Waals surface area (Å²) in [4.78, 5) is 14.6. The van der Waals surface area contributed by atoms with Crippen LogP contribution in [0, 0.1) is 0 Å². The number of primary amides is 1. The normalized spacial score (nSPS) is 10.1. The van der Waals surface area contributed by atoms with Gasteiger partial charge in [-0.1, -0.05) is 12.1 Å². The van der Waals surface area contributed by atoms with Crippen LogP contribution in [0.15, 0.2) is 42.6 Å². The van der Waals surface area contributed by atoms with Crippen molar-refractivity contribution >= 4 is 11.8 Å². The molecule has 20 heavy (non-hydrogen) atoms. The van der Waals surface area contributed by atoms with E-state index in [0.717, 1.165) is 5.56 Å². The highest BCUT2D eigenvalue weighted by atomic mass is 16.5. The minimum absolute atomic E-state index is 0.123. The first kappa shape index (κ1) is 13.8. The number of nitrogens with zero attached hydrogens (tertiary/aromatic N) is 1. The van der Waals surface area contributed by atoms with Crippen LogP contribution >= 0.6 is 0 Å². The number of hydrogen-bond acceptors (Lipinski definition) is 4. The van der Waals surface area contributed by atoms with Crippen LogP contribution in [0.2, 0.25) is 0 Å². The first-order valence-electron chi connectivity index (χ1n) is 6.07. The maximum absolute atomic E-state index is 10.7. The summed E-state index contributed by atoms with van der Waals surface area (Å²) in [5.41, 5.74) is 6.03. The minimum atomic E-state index is -0.661. The molecule has 0 bridgehead atoms. The molecule has 104 valence electrons. The number of hydrogen-bond donors (Lipinski definition) is 3. The maximum atomic E-state index is 10.7. The highest BCUT2D eigenvalue weighted by molar-refractivity contribution is 5.86. The van der Waals surface area contributed by atoms with Gasteiger partial charge in [0.2, 0.25) is 0 Å². The molecule has 1 aromatic heterocycles. The van der Waals surface area contributed by atoms with Crippen molar-refractivity contribution in [1.29, 1.82) is 0 Å². The third-order valence-electron chi connectivity index (χ3n) is 2.55. The summed E-state index contributed by atoms with van der Waals surface area (Å²) >= 11 is 0. The van der Waals surface area contributed by atoms with Gasteiger partial charge in [-0.2, -0.15) is 0 Å². The molecule has 4 N–H and O–H groups in total. The van der Waals surface area contributed by atoms with E-state index in [1.807, 2.05) is 24.3 Å². The Morgan fingerprint density at radius 1 is 1.20 bits per heavy atom. The third kappa shape index (κ3) is 3.96. The molecule has 6 nitrogen and oxygen atoms in total. The first-order chi connectivity index (χ1) is 9.67. The standard InChI is InChI=1S/C14H15N3O3/c15-14(19)17-13-6-5-12(9-16-13)20-11-3-1-10(2-4-11)7-8-18/h1-6,9,18H,7-8H2,(H3,15,16,17,19). The van der Waals surface area contributed by atoms with Gasteiger partial charge < -0.3 is 15.6 Å². The molecular weight excluding hydrogens is 258 g/mol. The Kier molecular flexibility index (Phi) is 4.52. The summed E-state index contributed by atoms with van der Waals surface area (Å²) in [5.74, 6) is 1.59. The summed E-state index contributed by atoms with van der Waals surface area (Å²) in [7, 11) is 0. The summed E-state index contributed by atoms with van der Waals surface area (Å²) in [5, 5.41) is 11.2. The molecular formula is C14H15N3O3. The van der Waals surface area contributed by atoms with Gasteiger partial charge in [-0.25, -0.2) is 9.78 Å². The number of rotatable bonds is 5. The van der Waals surface area contributed by atoms with E-state index < -0.39 is 6.03 Å². The number of aliphatic hydroxyl groups is 1. The minimum Gasteiger partial charge on any atom is -0.456 e. The molecule has 0 aliphatic rings. The largest absolute Gasteiger partial charge is 0.456 e. The number of nitrogens with one attached hydrogen (secondary N) is 1. The van der Waals surface area contributed by atoms with Crippen LogP contribution in [0.4, 0.5) is 10.6 Å². The van der Waals surface area contributed by atoms with Crippen molar-refractivity contribution in [3.05, 3.63) is 48.2 Å². The molecule has 0 saturated heterocycles.